The van der Waals surface area contributed by atoms with Crippen molar-refractivity contribution < 1.29 is 19.0 Å². The summed E-state index contributed by atoms with van der Waals surface area (Å²) in [5.41, 5.74) is 0.786. The zero-order chi connectivity index (χ0) is 19.9. The number of aromatic nitrogens is 4. The topological polar surface area (TPSA) is 91.6 Å². The van der Waals surface area contributed by atoms with Crippen molar-refractivity contribution in [2.75, 3.05) is 26.4 Å². The molecule has 1 amide bonds. The van der Waals surface area contributed by atoms with E-state index in [0.717, 1.165) is 5.56 Å². The van der Waals surface area contributed by atoms with Gasteiger partial charge in [-0.1, -0.05) is 18.2 Å². The fourth-order valence-electron chi connectivity index (χ4n) is 2.93. The van der Waals surface area contributed by atoms with Crippen LogP contribution in [0.4, 0.5) is 0 Å². The molecule has 3 heterocycles. The van der Waals surface area contributed by atoms with Crippen molar-refractivity contribution in [3.8, 4) is 17.4 Å². The van der Waals surface area contributed by atoms with Crippen molar-refractivity contribution in [1.82, 2.24) is 24.6 Å². The van der Waals surface area contributed by atoms with Crippen LogP contribution in [0.5, 0.6) is 17.4 Å². The first-order valence-electron chi connectivity index (χ1n) is 9.31. The molecule has 3 aromatic rings. The van der Waals surface area contributed by atoms with Crippen molar-refractivity contribution in [1.29, 1.82) is 0 Å². The number of ether oxygens (including phenoxy) is 3. The summed E-state index contributed by atoms with van der Waals surface area (Å²) in [6.07, 6.45) is 4.58. The highest BCUT2D eigenvalue weighted by atomic mass is 16.5. The number of carbonyl (C=O) groups is 1. The molecule has 4 rings (SSSR count). The van der Waals surface area contributed by atoms with Crippen molar-refractivity contribution >= 4 is 5.91 Å². The second kappa shape index (κ2) is 9.16. The third kappa shape index (κ3) is 4.88. The lowest BCUT2D eigenvalue weighted by atomic mass is 10.2. The molecule has 0 saturated heterocycles. The number of hydrogen-bond acceptors (Lipinski definition) is 7. The molecule has 2 aromatic heterocycles. The smallest absolute Gasteiger partial charge is 0.244 e. The Bertz CT molecular complexity index is 948. The van der Waals surface area contributed by atoms with Gasteiger partial charge in [0.05, 0.1) is 19.8 Å². The third-order valence-electron chi connectivity index (χ3n) is 4.37. The fourth-order valence-corrected chi connectivity index (χ4v) is 2.93. The van der Waals surface area contributed by atoms with E-state index >= 15 is 0 Å². The van der Waals surface area contributed by atoms with E-state index in [1.165, 1.54) is 17.3 Å². The maximum Gasteiger partial charge on any atom is 0.244 e. The summed E-state index contributed by atoms with van der Waals surface area (Å²) in [5, 5.41) is 4.01. The average Bonchev–Trinajstić information content (AvgIpc) is 3.24. The van der Waals surface area contributed by atoms with Crippen molar-refractivity contribution in [3.63, 3.8) is 0 Å². The number of para-hydroxylation sites is 2. The first-order chi connectivity index (χ1) is 14.3. The van der Waals surface area contributed by atoms with Crippen molar-refractivity contribution in [2.45, 2.75) is 13.1 Å². The highest BCUT2D eigenvalue weighted by Gasteiger charge is 2.19. The lowest BCUT2D eigenvalue weighted by molar-refractivity contribution is -0.133. The number of benzene rings is 1. The van der Waals surface area contributed by atoms with Gasteiger partial charge in [-0.05, 0) is 18.2 Å². The minimum absolute atomic E-state index is 0.0968. The van der Waals surface area contributed by atoms with Crippen LogP contribution in [-0.2, 0) is 22.6 Å². The van der Waals surface area contributed by atoms with E-state index < -0.39 is 0 Å². The zero-order valence-electron chi connectivity index (χ0n) is 15.8. The van der Waals surface area contributed by atoms with Gasteiger partial charge in [0, 0.05) is 18.3 Å². The molecule has 0 radical (unpaired) electrons. The Morgan fingerprint density at radius 1 is 1.07 bits per heavy atom. The predicted octanol–water partition coefficient (Wildman–Crippen LogP) is 1.90. The van der Waals surface area contributed by atoms with Gasteiger partial charge in [-0.3, -0.25) is 4.79 Å². The van der Waals surface area contributed by atoms with Crippen LogP contribution >= 0.6 is 0 Å². The van der Waals surface area contributed by atoms with E-state index in [0.29, 0.717) is 50.3 Å². The van der Waals surface area contributed by atoms with Crippen molar-refractivity contribution in [2.24, 2.45) is 0 Å². The van der Waals surface area contributed by atoms with E-state index in [9.17, 15) is 4.79 Å². The van der Waals surface area contributed by atoms with Gasteiger partial charge in [0.25, 0.3) is 0 Å². The number of nitrogens with zero attached hydrogens (tertiary/aromatic N) is 5. The van der Waals surface area contributed by atoms with Crippen LogP contribution in [-0.4, -0.2) is 56.9 Å². The molecule has 0 N–H and O–H groups in total. The number of rotatable bonds is 2. The highest BCUT2D eigenvalue weighted by Crippen LogP contribution is 2.32. The first-order valence-corrected chi connectivity index (χ1v) is 9.31. The summed E-state index contributed by atoms with van der Waals surface area (Å²) in [5.74, 6) is 1.51. The molecule has 0 bridgehead atoms. The Balaban J connectivity index is 1.60. The molecule has 29 heavy (non-hydrogen) atoms. The molecule has 1 aliphatic rings. The van der Waals surface area contributed by atoms with E-state index in [2.05, 4.69) is 15.1 Å². The monoisotopic (exact) mass is 395 g/mol. The Kier molecular flexibility index (Phi) is 5.96. The Morgan fingerprint density at radius 2 is 1.97 bits per heavy atom. The normalized spacial score (nSPS) is 14.8. The van der Waals surface area contributed by atoms with Crippen LogP contribution < -0.4 is 9.47 Å². The molecule has 0 atom stereocenters. The minimum Gasteiger partial charge on any atom is -0.487 e. The van der Waals surface area contributed by atoms with Gasteiger partial charge < -0.3 is 19.1 Å². The largest absolute Gasteiger partial charge is 0.487 e. The van der Waals surface area contributed by atoms with E-state index in [4.69, 9.17) is 14.2 Å². The molecule has 0 spiro atoms. The molecule has 9 nitrogen and oxygen atoms in total. The van der Waals surface area contributed by atoms with Gasteiger partial charge in [0.2, 0.25) is 11.8 Å². The Hall–Kier alpha value is -3.46. The molecular weight excluding hydrogens is 374 g/mol. The second-order valence-corrected chi connectivity index (χ2v) is 6.39. The van der Waals surface area contributed by atoms with Gasteiger partial charge in [0.15, 0.2) is 11.5 Å². The SMILES string of the molecule is O=C(Cn1cncn1)N1CCOCCOc2ccccc2Oc2ncccc2C1. The number of pyridine rings is 1. The standard InChI is InChI=1S/C20H21N5O4/c26-19(13-25-15-21-14-23-25)24-8-9-27-10-11-28-17-5-1-2-6-18(17)29-20-16(12-24)4-3-7-22-20/h1-7,14-15H,8-13H2. The maximum atomic E-state index is 12.9. The fraction of sp³-hybridized carbons (Fsp3) is 0.300. The molecule has 1 aromatic carbocycles. The van der Waals surface area contributed by atoms with Gasteiger partial charge >= 0.3 is 0 Å². The van der Waals surface area contributed by atoms with Gasteiger partial charge in [-0.2, -0.15) is 5.10 Å². The minimum atomic E-state index is -0.0968. The quantitative estimate of drug-likeness (QED) is 0.654. The van der Waals surface area contributed by atoms with Crippen LogP contribution in [0.2, 0.25) is 0 Å². The summed E-state index contributed by atoms with van der Waals surface area (Å²) in [6, 6.07) is 11.1. The molecule has 0 saturated carbocycles. The summed E-state index contributed by atoms with van der Waals surface area (Å²) in [6.45, 7) is 2.04. The molecule has 1 aliphatic heterocycles. The van der Waals surface area contributed by atoms with Crippen LogP contribution in [0, 0.1) is 0 Å². The number of hydrogen-bond donors (Lipinski definition) is 0. The van der Waals surface area contributed by atoms with Crippen LogP contribution in [0.1, 0.15) is 5.56 Å². The van der Waals surface area contributed by atoms with Crippen LogP contribution in [0.15, 0.2) is 55.2 Å². The molecular formula is C20H21N5O4. The summed E-state index contributed by atoms with van der Waals surface area (Å²) in [7, 11) is 0. The lowest BCUT2D eigenvalue weighted by Gasteiger charge is -2.23. The summed E-state index contributed by atoms with van der Waals surface area (Å²) >= 11 is 0. The molecule has 0 fully saturated rings. The summed E-state index contributed by atoms with van der Waals surface area (Å²) < 4.78 is 19.0. The van der Waals surface area contributed by atoms with E-state index in [1.54, 1.807) is 11.1 Å². The highest BCUT2D eigenvalue weighted by molar-refractivity contribution is 5.76. The third-order valence-corrected chi connectivity index (χ3v) is 4.37. The molecule has 150 valence electrons. The maximum absolute atomic E-state index is 12.9. The molecule has 9 heteroatoms. The Morgan fingerprint density at radius 3 is 2.83 bits per heavy atom. The number of amides is 1. The van der Waals surface area contributed by atoms with E-state index in [-0.39, 0.29) is 12.5 Å². The van der Waals surface area contributed by atoms with Gasteiger partial charge in [-0.15, -0.1) is 0 Å². The Labute approximate surface area is 167 Å². The van der Waals surface area contributed by atoms with Gasteiger partial charge in [0.1, 0.15) is 25.8 Å². The van der Waals surface area contributed by atoms with Crippen LogP contribution in [0.3, 0.4) is 0 Å². The van der Waals surface area contributed by atoms with E-state index in [1.807, 2.05) is 36.4 Å². The lowest BCUT2D eigenvalue weighted by Crippen LogP contribution is -2.36. The zero-order valence-corrected chi connectivity index (χ0v) is 15.8. The average molecular weight is 395 g/mol. The second-order valence-electron chi connectivity index (χ2n) is 6.39. The summed E-state index contributed by atoms with van der Waals surface area (Å²) in [4.78, 5) is 22.8. The van der Waals surface area contributed by atoms with Crippen LogP contribution in [0.25, 0.3) is 0 Å². The molecule has 0 aliphatic carbocycles. The predicted molar refractivity (Wildman–Crippen MR) is 103 cm³/mol. The van der Waals surface area contributed by atoms with Gasteiger partial charge in [-0.25, -0.2) is 14.6 Å². The molecule has 0 unspecified atom stereocenters. The first kappa shape index (κ1) is 18.9. The number of fused-ring (bicyclic) bond motifs is 2. The number of carbonyl (C=O) groups excluding carboxylic acids is 1. The van der Waals surface area contributed by atoms with Crippen molar-refractivity contribution in [3.05, 3.63) is 60.8 Å².